The Morgan fingerprint density at radius 3 is 2.77 bits per heavy atom. The standard InChI is InChI=1S/C19H16ClFN4O/c1-12-14(20)6-4-8-16(12)25-18-9-17(23-11-24-18)19(26)22-10-13-5-2-3-7-15(13)21/h2-9,11H,10H2,1H3,(H,22,26)(H,23,24,25). The quantitative estimate of drug-likeness (QED) is 0.704. The maximum Gasteiger partial charge on any atom is 0.270 e. The van der Waals surface area contributed by atoms with Crippen molar-refractivity contribution in [1.82, 2.24) is 15.3 Å². The fraction of sp³-hybridized carbons (Fsp3) is 0.105. The van der Waals surface area contributed by atoms with Gasteiger partial charge >= 0.3 is 0 Å². The Hall–Kier alpha value is -2.99. The molecule has 0 saturated carbocycles. The largest absolute Gasteiger partial charge is 0.347 e. The number of carbonyl (C=O) groups excluding carboxylic acids is 1. The van der Waals surface area contributed by atoms with Crippen molar-refractivity contribution in [1.29, 1.82) is 0 Å². The number of hydrogen-bond donors (Lipinski definition) is 2. The highest BCUT2D eigenvalue weighted by Gasteiger charge is 2.11. The van der Waals surface area contributed by atoms with Crippen molar-refractivity contribution in [3.05, 3.63) is 82.5 Å². The fourth-order valence-corrected chi connectivity index (χ4v) is 2.51. The lowest BCUT2D eigenvalue weighted by Gasteiger charge is -2.11. The lowest BCUT2D eigenvalue weighted by atomic mass is 10.2. The first kappa shape index (κ1) is 17.8. The smallest absolute Gasteiger partial charge is 0.270 e. The summed E-state index contributed by atoms with van der Waals surface area (Å²) in [6, 6.07) is 13.3. The van der Waals surface area contributed by atoms with Gasteiger partial charge in [-0.3, -0.25) is 4.79 Å². The molecule has 0 bridgehead atoms. The Labute approximate surface area is 155 Å². The van der Waals surface area contributed by atoms with Gasteiger partial charge < -0.3 is 10.6 Å². The number of carbonyl (C=O) groups is 1. The lowest BCUT2D eigenvalue weighted by molar-refractivity contribution is 0.0945. The van der Waals surface area contributed by atoms with Gasteiger partial charge in [0.15, 0.2) is 0 Å². The molecule has 2 N–H and O–H groups in total. The van der Waals surface area contributed by atoms with Crippen molar-refractivity contribution in [3.63, 3.8) is 0 Å². The zero-order valence-corrected chi connectivity index (χ0v) is 14.7. The summed E-state index contributed by atoms with van der Waals surface area (Å²) in [7, 11) is 0. The molecule has 0 fully saturated rings. The summed E-state index contributed by atoms with van der Waals surface area (Å²) >= 11 is 6.11. The first-order valence-corrected chi connectivity index (χ1v) is 8.28. The predicted octanol–water partition coefficient (Wildman–Crippen LogP) is 4.25. The van der Waals surface area contributed by atoms with Crippen LogP contribution in [0.5, 0.6) is 0 Å². The molecule has 0 aliphatic heterocycles. The minimum absolute atomic E-state index is 0.0751. The van der Waals surface area contributed by atoms with Crippen molar-refractivity contribution in [2.45, 2.75) is 13.5 Å². The highest BCUT2D eigenvalue weighted by molar-refractivity contribution is 6.31. The Balaban J connectivity index is 1.71. The van der Waals surface area contributed by atoms with Gasteiger partial charge in [-0.15, -0.1) is 0 Å². The van der Waals surface area contributed by atoms with Crippen molar-refractivity contribution in [2.24, 2.45) is 0 Å². The van der Waals surface area contributed by atoms with E-state index in [-0.39, 0.29) is 18.1 Å². The van der Waals surface area contributed by atoms with Gasteiger partial charge in [-0.25, -0.2) is 14.4 Å². The van der Waals surface area contributed by atoms with Crippen LogP contribution in [0, 0.1) is 12.7 Å². The molecular weight excluding hydrogens is 355 g/mol. The minimum Gasteiger partial charge on any atom is -0.347 e. The van der Waals surface area contributed by atoms with E-state index in [9.17, 15) is 9.18 Å². The molecule has 0 radical (unpaired) electrons. The van der Waals surface area contributed by atoms with Gasteiger partial charge in [0.25, 0.3) is 5.91 Å². The van der Waals surface area contributed by atoms with Crippen molar-refractivity contribution in [3.8, 4) is 0 Å². The monoisotopic (exact) mass is 370 g/mol. The van der Waals surface area contributed by atoms with Crippen LogP contribution in [0.2, 0.25) is 5.02 Å². The van der Waals surface area contributed by atoms with E-state index in [1.807, 2.05) is 19.1 Å². The van der Waals surface area contributed by atoms with Crippen LogP contribution < -0.4 is 10.6 Å². The third-order valence-electron chi connectivity index (χ3n) is 3.83. The summed E-state index contributed by atoms with van der Waals surface area (Å²) < 4.78 is 13.6. The van der Waals surface area contributed by atoms with Crippen LogP contribution in [0.1, 0.15) is 21.6 Å². The first-order valence-electron chi connectivity index (χ1n) is 7.90. The summed E-state index contributed by atoms with van der Waals surface area (Å²) in [4.78, 5) is 20.4. The van der Waals surface area contributed by atoms with E-state index in [4.69, 9.17) is 11.6 Å². The lowest BCUT2D eigenvalue weighted by Crippen LogP contribution is -2.24. The minimum atomic E-state index is -0.415. The summed E-state index contributed by atoms with van der Waals surface area (Å²) in [6.07, 6.45) is 1.29. The first-order chi connectivity index (χ1) is 12.5. The molecule has 5 nitrogen and oxygen atoms in total. The SMILES string of the molecule is Cc1c(Cl)cccc1Nc1cc(C(=O)NCc2ccccc2F)ncn1. The summed E-state index contributed by atoms with van der Waals surface area (Å²) in [5.41, 5.74) is 2.24. The van der Waals surface area contributed by atoms with Crippen LogP contribution in [0.25, 0.3) is 0 Å². The zero-order chi connectivity index (χ0) is 18.5. The molecule has 7 heteroatoms. The molecule has 3 aromatic rings. The van der Waals surface area contributed by atoms with E-state index in [1.54, 1.807) is 24.3 Å². The Morgan fingerprint density at radius 1 is 1.15 bits per heavy atom. The van der Waals surface area contributed by atoms with Crippen molar-refractivity contribution in [2.75, 3.05) is 5.32 Å². The van der Waals surface area contributed by atoms with Crippen molar-refractivity contribution < 1.29 is 9.18 Å². The maximum absolute atomic E-state index is 13.6. The van der Waals surface area contributed by atoms with Gasteiger partial charge in [0.1, 0.15) is 23.7 Å². The summed E-state index contributed by atoms with van der Waals surface area (Å²) in [5.74, 6) is -0.322. The van der Waals surface area contributed by atoms with Gasteiger partial charge in [-0.05, 0) is 30.7 Å². The van der Waals surface area contributed by atoms with E-state index in [2.05, 4.69) is 20.6 Å². The second kappa shape index (κ2) is 7.93. The van der Waals surface area contributed by atoms with Crippen LogP contribution in [-0.4, -0.2) is 15.9 Å². The number of anilines is 2. The fourth-order valence-electron chi connectivity index (χ4n) is 2.34. The molecule has 0 aliphatic carbocycles. The zero-order valence-electron chi connectivity index (χ0n) is 14.0. The molecule has 0 saturated heterocycles. The molecule has 1 heterocycles. The number of nitrogens with one attached hydrogen (secondary N) is 2. The number of halogens is 2. The number of hydrogen-bond acceptors (Lipinski definition) is 4. The van der Waals surface area contributed by atoms with Gasteiger partial charge in [0.2, 0.25) is 0 Å². The van der Waals surface area contributed by atoms with Crippen LogP contribution in [0.4, 0.5) is 15.9 Å². The molecular formula is C19H16ClFN4O. The molecule has 0 atom stereocenters. The van der Waals surface area contributed by atoms with E-state index in [0.717, 1.165) is 11.3 Å². The van der Waals surface area contributed by atoms with Crippen LogP contribution in [0.15, 0.2) is 54.9 Å². The van der Waals surface area contributed by atoms with Crippen LogP contribution >= 0.6 is 11.6 Å². The third kappa shape index (κ3) is 4.15. The molecule has 1 amide bonds. The van der Waals surface area contributed by atoms with Gasteiger partial charge in [0, 0.05) is 28.9 Å². The second-order valence-corrected chi connectivity index (χ2v) is 6.01. The second-order valence-electron chi connectivity index (χ2n) is 5.60. The molecule has 0 aliphatic rings. The van der Waals surface area contributed by atoms with E-state index in [1.165, 1.54) is 18.5 Å². The van der Waals surface area contributed by atoms with E-state index >= 15 is 0 Å². The average molecular weight is 371 g/mol. The number of rotatable bonds is 5. The topological polar surface area (TPSA) is 66.9 Å². The summed E-state index contributed by atoms with van der Waals surface area (Å²) in [5, 5.41) is 6.40. The summed E-state index contributed by atoms with van der Waals surface area (Å²) in [6.45, 7) is 1.96. The number of aromatic nitrogens is 2. The Morgan fingerprint density at radius 2 is 1.96 bits per heavy atom. The van der Waals surface area contributed by atoms with Gasteiger partial charge in [-0.1, -0.05) is 35.9 Å². The Bertz CT molecular complexity index is 948. The predicted molar refractivity (Wildman–Crippen MR) is 99.1 cm³/mol. The molecule has 1 aromatic heterocycles. The van der Waals surface area contributed by atoms with E-state index < -0.39 is 5.91 Å². The van der Waals surface area contributed by atoms with Crippen molar-refractivity contribution >= 4 is 29.0 Å². The van der Waals surface area contributed by atoms with Crippen LogP contribution in [-0.2, 0) is 6.54 Å². The highest BCUT2D eigenvalue weighted by atomic mass is 35.5. The Kier molecular flexibility index (Phi) is 5.43. The normalized spacial score (nSPS) is 10.4. The third-order valence-corrected chi connectivity index (χ3v) is 4.24. The molecule has 0 unspecified atom stereocenters. The number of amides is 1. The van der Waals surface area contributed by atoms with Gasteiger partial charge in [-0.2, -0.15) is 0 Å². The molecule has 3 rings (SSSR count). The van der Waals surface area contributed by atoms with E-state index in [0.29, 0.717) is 16.4 Å². The average Bonchev–Trinajstić information content (AvgIpc) is 2.65. The molecule has 132 valence electrons. The maximum atomic E-state index is 13.6. The highest BCUT2D eigenvalue weighted by Crippen LogP contribution is 2.25. The molecule has 26 heavy (non-hydrogen) atoms. The van der Waals surface area contributed by atoms with Gasteiger partial charge in [0.05, 0.1) is 0 Å². The number of nitrogens with zero attached hydrogens (tertiary/aromatic N) is 2. The molecule has 2 aromatic carbocycles. The van der Waals surface area contributed by atoms with Crippen LogP contribution in [0.3, 0.4) is 0 Å². The molecule has 0 spiro atoms. The number of benzene rings is 2.